The van der Waals surface area contributed by atoms with Crippen molar-refractivity contribution in [2.45, 2.75) is 6.54 Å². The molecule has 1 N–H and O–H groups in total. The van der Waals surface area contributed by atoms with Crippen molar-refractivity contribution in [2.75, 3.05) is 11.9 Å². The van der Waals surface area contributed by atoms with Gasteiger partial charge in [0, 0.05) is 38.9 Å². The molecule has 10 heteroatoms. The second-order valence-electron chi connectivity index (χ2n) is 8.48. The molecule has 3 aromatic carbocycles. The van der Waals surface area contributed by atoms with Crippen LogP contribution in [0.4, 0.5) is 14.9 Å². The normalized spacial score (nSPS) is 14.5. The largest absolute Gasteiger partial charge is 0.337 e. The molecule has 38 heavy (non-hydrogen) atoms. The van der Waals surface area contributed by atoms with Gasteiger partial charge >= 0.3 is 0 Å². The molecule has 4 aromatic rings. The van der Waals surface area contributed by atoms with Crippen molar-refractivity contribution in [3.63, 3.8) is 0 Å². The van der Waals surface area contributed by atoms with Crippen molar-refractivity contribution in [3.05, 3.63) is 106 Å². The van der Waals surface area contributed by atoms with Crippen molar-refractivity contribution >= 4 is 68.9 Å². The number of thioether (sulfide) groups is 1. The molecular weight excluding hydrogens is 529 g/mol. The molecule has 7 nitrogen and oxygen atoms in total. The number of halogens is 2. The fourth-order valence-electron chi connectivity index (χ4n) is 4.06. The van der Waals surface area contributed by atoms with E-state index < -0.39 is 17.0 Å². The van der Waals surface area contributed by atoms with Crippen LogP contribution in [0.2, 0.25) is 5.02 Å². The van der Waals surface area contributed by atoms with Gasteiger partial charge < -0.3 is 9.88 Å². The number of fused-ring (bicyclic) bond motifs is 1. The van der Waals surface area contributed by atoms with Crippen molar-refractivity contribution in [2.24, 2.45) is 0 Å². The maximum absolute atomic E-state index is 13.2. The third kappa shape index (κ3) is 5.39. The van der Waals surface area contributed by atoms with Crippen LogP contribution < -0.4 is 5.32 Å². The minimum atomic E-state index is -0.562. The molecule has 1 saturated heterocycles. The van der Waals surface area contributed by atoms with Crippen LogP contribution in [-0.2, 0) is 16.1 Å². The van der Waals surface area contributed by atoms with Crippen LogP contribution in [0, 0.1) is 5.82 Å². The Bertz CT molecular complexity index is 1610. The lowest BCUT2D eigenvalue weighted by atomic mass is 10.1. The SMILES string of the molecule is O=C(Cn1cc(/C=C2\SC(=O)N(CC(=O)c3ccc(Cl)cc3)C2=O)c2ccccc21)Nc1ccc(F)cc1. The molecule has 3 amide bonds. The summed E-state index contributed by atoms with van der Waals surface area (Å²) >= 11 is 6.62. The number of hydrogen-bond acceptors (Lipinski definition) is 5. The highest BCUT2D eigenvalue weighted by Crippen LogP contribution is 2.34. The standard InChI is InChI=1S/C28H19ClFN3O4S/c29-19-7-5-17(6-8-19)24(34)15-33-27(36)25(38-28(33)37)13-18-14-32(23-4-2-1-3-22(18)23)16-26(35)31-21-11-9-20(30)10-12-21/h1-14H,15-16H2,(H,31,35)/b25-13-. The molecule has 0 unspecified atom stereocenters. The maximum atomic E-state index is 13.2. The Labute approximate surface area is 225 Å². The number of benzene rings is 3. The number of imide groups is 1. The van der Waals surface area contributed by atoms with Gasteiger partial charge in [0.1, 0.15) is 12.4 Å². The fourth-order valence-corrected chi connectivity index (χ4v) is 5.01. The van der Waals surface area contributed by atoms with E-state index >= 15 is 0 Å². The molecule has 0 spiro atoms. The van der Waals surface area contributed by atoms with Crippen molar-refractivity contribution < 1.29 is 23.6 Å². The smallest absolute Gasteiger partial charge is 0.293 e. The van der Waals surface area contributed by atoms with Gasteiger partial charge in [-0.2, -0.15) is 0 Å². The van der Waals surface area contributed by atoms with Gasteiger partial charge in [0.2, 0.25) is 5.91 Å². The van der Waals surface area contributed by atoms with Crippen LogP contribution in [0.25, 0.3) is 17.0 Å². The van der Waals surface area contributed by atoms with Gasteiger partial charge in [-0.05, 0) is 72.4 Å². The topological polar surface area (TPSA) is 88.5 Å². The molecule has 0 atom stereocenters. The van der Waals surface area contributed by atoms with E-state index in [4.69, 9.17) is 11.6 Å². The molecule has 1 aliphatic heterocycles. The number of rotatable bonds is 7. The number of carbonyl (C=O) groups is 4. The predicted octanol–water partition coefficient (Wildman–Crippen LogP) is 5.99. The summed E-state index contributed by atoms with van der Waals surface area (Å²) in [5, 5.41) is 3.45. The number of amides is 3. The summed E-state index contributed by atoms with van der Waals surface area (Å²) < 4.78 is 14.9. The summed E-state index contributed by atoms with van der Waals surface area (Å²) in [6.07, 6.45) is 3.32. The van der Waals surface area contributed by atoms with E-state index in [-0.39, 0.29) is 29.7 Å². The van der Waals surface area contributed by atoms with Crippen LogP contribution in [0.15, 0.2) is 83.9 Å². The van der Waals surface area contributed by atoms with E-state index in [1.54, 1.807) is 41.1 Å². The summed E-state index contributed by atoms with van der Waals surface area (Å²) in [6, 6.07) is 19.0. The lowest BCUT2D eigenvalue weighted by Crippen LogP contribution is -2.33. The molecular formula is C28H19ClFN3O4S. The van der Waals surface area contributed by atoms with Crippen LogP contribution in [0.5, 0.6) is 0 Å². The van der Waals surface area contributed by atoms with Crippen LogP contribution in [0.3, 0.4) is 0 Å². The van der Waals surface area contributed by atoms with Crippen molar-refractivity contribution in [1.29, 1.82) is 0 Å². The minimum Gasteiger partial charge on any atom is -0.337 e. The van der Waals surface area contributed by atoms with Gasteiger partial charge in [0.25, 0.3) is 11.1 Å². The number of Topliss-reactive ketones (excluding diaryl/α,β-unsaturated/α-hetero) is 1. The highest BCUT2D eigenvalue weighted by Gasteiger charge is 2.36. The number of ketones is 1. The lowest BCUT2D eigenvalue weighted by molar-refractivity contribution is -0.122. The first-order valence-electron chi connectivity index (χ1n) is 11.5. The van der Waals surface area contributed by atoms with Gasteiger partial charge in [0.05, 0.1) is 11.4 Å². The zero-order valence-corrected chi connectivity index (χ0v) is 21.3. The Hall–Kier alpha value is -4.21. The molecule has 1 aromatic heterocycles. The van der Waals surface area contributed by atoms with Crippen LogP contribution in [-0.4, -0.2) is 38.8 Å². The fraction of sp³-hybridized carbons (Fsp3) is 0.0714. The Morgan fingerprint density at radius 3 is 2.39 bits per heavy atom. The zero-order valence-electron chi connectivity index (χ0n) is 19.7. The van der Waals surface area contributed by atoms with Gasteiger partial charge in [0.15, 0.2) is 5.78 Å². The quantitative estimate of drug-likeness (QED) is 0.227. The number of para-hydroxylation sites is 1. The third-order valence-electron chi connectivity index (χ3n) is 5.89. The number of aromatic nitrogens is 1. The van der Waals surface area contributed by atoms with E-state index in [2.05, 4.69) is 5.32 Å². The average Bonchev–Trinajstić information content (AvgIpc) is 3.37. The highest BCUT2D eigenvalue weighted by atomic mass is 35.5. The Kier molecular flexibility index (Phi) is 7.13. The highest BCUT2D eigenvalue weighted by molar-refractivity contribution is 8.18. The molecule has 2 heterocycles. The van der Waals surface area contributed by atoms with E-state index in [9.17, 15) is 23.6 Å². The summed E-state index contributed by atoms with van der Waals surface area (Å²) in [5.41, 5.74) is 2.21. The van der Waals surface area contributed by atoms with Gasteiger partial charge in [-0.1, -0.05) is 29.8 Å². The molecule has 5 rings (SSSR count). The molecule has 0 aliphatic carbocycles. The summed E-state index contributed by atoms with van der Waals surface area (Å²) in [4.78, 5) is 52.0. The number of hydrogen-bond donors (Lipinski definition) is 1. The third-order valence-corrected chi connectivity index (χ3v) is 7.05. The summed E-state index contributed by atoms with van der Waals surface area (Å²) in [7, 11) is 0. The lowest BCUT2D eigenvalue weighted by Gasteiger charge is -2.11. The number of nitrogens with zero attached hydrogens (tertiary/aromatic N) is 2. The predicted molar refractivity (Wildman–Crippen MR) is 145 cm³/mol. The number of nitrogens with one attached hydrogen (secondary N) is 1. The first kappa shape index (κ1) is 25.4. The summed E-state index contributed by atoms with van der Waals surface area (Å²) in [6.45, 7) is -0.405. The molecule has 0 radical (unpaired) electrons. The molecule has 0 saturated carbocycles. The minimum absolute atomic E-state index is 0.0250. The maximum Gasteiger partial charge on any atom is 0.293 e. The van der Waals surface area contributed by atoms with Gasteiger partial charge in [-0.3, -0.25) is 24.1 Å². The molecule has 190 valence electrons. The van der Waals surface area contributed by atoms with Crippen molar-refractivity contribution in [1.82, 2.24) is 9.47 Å². The number of anilines is 1. The van der Waals surface area contributed by atoms with Crippen molar-refractivity contribution in [3.8, 4) is 0 Å². The Balaban J connectivity index is 1.36. The van der Waals surface area contributed by atoms with E-state index in [0.717, 1.165) is 27.6 Å². The van der Waals surface area contributed by atoms with Crippen LogP contribution >= 0.6 is 23.4 Å². The van der Waals surface area contributed by atoms with E-state index in [1.165, 1.54) is 24.3 Å². The van der Waals surface area contributed by atoms with E-state index in [1.807, 2.05) is 24.3 Å². The average molecular weight is 548 g/mol. The monoisotopic (exact) mass is 547 g/mol. The second kappa shape index (κ2) is 10.6. The van der Waals surface area contributed by atoms with Crippen LogP contribution in [0.1, 0.15) is 15.9 Å². The molecule has 1 fully saturated rings. The molecule has 0 bridgehead atoms. The van der Waals surface area contributed by atoms with Gasteiger partial charge in [-0.15, -0.1) is 0 Å². The first-order valence-corrected chi connectivity index (χ1v) is 12.7. The first-order chi connectivity index (χ1) is 18.3. The van der Waals surface area contributed by atoms with E-state index in [0.29, 0.717) is 21.8 Å². The molecule has 1 aliphatic rings. The summed E-state index contributed by atoms with van der Waals surface area (Å²) in [5.74, 6) is -1.66. The second-order valence-corrected chi connectivity index (χ2v) is 9.91. The van der Waals surface area contributed by atoms with Gasteiger partial charge in [-0.25, -0.2) is 4.39 Å². The zero-order chi connectivity index (χ0) is 26.8. The number of carbonyl (C=O) groups excluding carboxylic acids is 4. The Morgan fingerprint density at radius 2 is 1.66 bits per heavy atom. The Morgan fingerprint density at radius 1 is 0.947 bits per heavy atom.